The molecule has 0 bridgehead atoms. The number of methoxy groups -OCH3 is 2. The molecule has 0 atom stereocenters. The molecule has 2 aromatic rings. The lowest BCUT2D eigenvalue weighted by molar-refractivity contribution is -0.130. The van der Waals surface area contributed by atoms with E-state index in [0.717, 1.165) is 11.1 Å². The standard InChI is InChI=1S/C19H15ClO4/c1-22-16-8-5-13(17(11-16)23-2)9-14-10-18(24-19(14)21)12-3-6-15(20)7-4-12/h3-11H,1-2H3. The zero-order chi connectivity index (χ0) is 17.1. The summed E-state index contributed by atoms with van der Waals surface area (Å²) in [7, 11) is 3.15. The van der Waals surface area contributed by atoms with Gasteiger partial charge in [-0.25, -0.2) is 4.79 Å². The van der Waals surface area contributed by atoms with Crippen LogP contribution in [0, 0.1) is 0 Å². The Balaban J connectivity index is 1.95. The second-order valence-electron chi connectivity index (χ2n) is 5.11. The lowest BCUT2D eigenvalue weighted by Gasteiger charge is -2.07. The number of hydrogen-bond acceptors (Lipinski definition) is 4. The fourth-order valence-corrected chi connectivity index (χ4v) is 2.48. The second-order valence-corrected chi connectivity index (χ2v) is 5.55. The Kier molecular flexibility index (Phi) is 4.58. The van der Waals surface area contributed by atoms with Crippen LogP contribution in [-0.2, 0) is 9.53 Å². The summed E-state index contributed by atoms with van der Waals surface area (Å²) in [4.78, 5) is 12.1. The van der Waals surface area contributed by atoms with Crippen molar-refractivity contribution in [3.05, 3.63) is 70.3 Å². The summed E-state index contributed by atoms with van der Waals surface area (Å²) in [6.07, 6.45) is 3.43. The van der Waals surface area contributed by atoms with E-state index in [9.17, 15) is 4.79 Å². The highest BCUT2D eigenvalue weighted by Gasteiger charge is 2.22. The van der Waals surface area contributed by atoms with Crippen molar-refractivity contribution in [2.75, 3.05) is 14.2 Å². The quantitative estimate of drug-likeness (QED) is 0.612. The largest absolute Gasteiger partial charge is 0.497 e. The predicted molar refractivity (Wildman–Crippen MR) is 93.0 cm³/mol. The van der Waals surface area contributed by atoms with Crippen LogP contribution in [0.15, 0.2) is 54.1 Å². The van der Waals surface area contributed by atoms with Crippen molar-refractivity contribution in [2.45, 2.75) is 0 Å². The fourth-order valence-electron chi connectivity index (χ4n) is 2.35. The van der Waals surface area contributed by atoms with Crippen LogP contribution >= 0.6 is 11.6 Å². The third-order valence-corrected chi connectivity index (χ3v) is 3.86. The van der Waals surface area contributed by atoms with Crippen LogP contribution in [0.1, 0.15) is 11.1 Å². The molecule has 1 aliphatic rings. The molecule has 4 nitrogen and oxygen atoms in total. The minimum atomic E-state index is -0.405. The van der Waals surface area contributed by atoms with Crippen LogP contribution in [0.4, 0.5) is 0 Å². The van der Waals surface area contributed by atoms with Crippen LogP contribution in [0.25, 0.3) is 11.8 Å². The van der Waals surface area contributed by atoms with Crippen molar-refractivity contribution in [3.63, 3.8) is 0 Å². The van der Waals surface area contributed by atoms with Crippen LogP contribution < -0.4 is 9.47 Å². The van der Waals surface area contributed by atoms with E-state index < -0.39 is 5.97 Å². The highest BCUT2D eigenvalue weighted by molar-refractivity contribution is 6.30. The molecule has 24 heavy (non-hydrogen) atoms. The average molecular weight is 343 g/mol. The Hall–Kier alpha value is -2.72. The van der Waals surface area contributed by atoms with Crippen molar-refractivity contribution in [2.24, 2.45) is 0 Å². The van der Waals surface area contributed by atoms with Crippen molar-refractivity contribution < 1.29 is 19.0 Å². The Labute approximate surface area is 144 Å². The molecule has 122 valence electrons. The first-order valence-corrected chi connectivity index (χ1v) is 7.62. The van der Waals surface area contributed by atoms with Crippen LogP contribution in [0.2, 0.25) is 5.02 Å². The van der Waals surface area contributed by atoms with E-state index in [-0.39, 0.29) is 0 Å². The predicted octanol–water partition coefficient (Wildman–Crippen LogP) is 4.34. The summed E-state index contributed by atoms with van der Waals surface area (Å²) in [5.41, 5.74) is 2.00. The van der Waals surface area contributed by atoms with Gasteiger partial charge >= 0.3 is 5.97 Å². The SMILES string of the molecule is COc1ccc(C=C2C=C(c3ccc(Cl)cc3)OC2=O)c(OC)c1. The molecule has 0 aromatic heterocycles. The molecule has 0 spiro atoms. The molecule has 0 N–H and O–H groups in total. The summed E-state index contributed by atoms with van der Waals surface area (Å²) in [5, 5.41) is 0.627. The third kappa shape index (κ3) is 3.29. The minimum absolute atomic E-state index is 0.405. The van der Waals surface area contributed by atoms with Gasteiger partial charge in [0.05, 0.1) is 19.8 Å². The number of hydrogen-bond donors (Lipinski definition) is 0. The van der Waals surface area contributed by atoms with Crippen LogP contribution in [-0.4, -0.2) is 20.2 Å². The number of rotatable bonds is 4. The van der Waals surface area contributed by atoms with Crippen molar-refractivity contribution in [1.82, 2.24) is 0 Å². The normalized spacial score (nSPS) is 15.2. The smallest absolute Gasteiger partial charge is 0.343 e. The Morgan fingerprint density at radius 2 is 1.79 bits per heavy atom. The number of carbonyl (C=O) groups excluding carboxylic acids is 1. The molecule has 0 fully saturated rings. The van der Waals surface area contributed by atoms with Gasteiger partial charge < -0.3 is 14.2 Å². The molecular weight excluding hydrogens is 328 g/mol. The highest BCUT2D eigenvalue weighted by Crippen LogP contribution is 2.31. The number of benzene rings is 2. The molecule has 1 heterocycles. The molecule has 0 amide bonds. The van der Waals surface area contributed by atoms with E-state index in [1.807, 2.05) is 6.07 Å². The molecule has 0 saturated carbocycles. The fraction of sp³-hybridized carbons (Fsp3) is 0.105. The topological polar surface area (TPSA) is 44.8 Å². The molecule has 0 radical (unpaired) electrons. The Morgan fingerprint density at radius 3 is 2.46 bits per heavy atom. The van der Waals surface area contributed by atoms with Gasteiger partial charge in [0.2, 0.25) is 0 Å². The molecule has 5 heteroatoms. The van der Waals surface area contributed by atoms with Crippen LogP contribution in [0.5, 0.6) is 11.5 Å². The summed E-state index contributed by atoms with van der Waals surface area (Å²) in [5.74, 6) is 1.39. The van der Waals surface area contributed by atoms with Gasteiger partial charge in [0.15, 0.2) is 0 Å². The van der Waals surface area contributed by atoms with Crippen molar-refractivity contribution in [3.8, 4) is 11.5 Å². The number of ether oxygens (including phenoxy) is 3. The van der Waals surface area contributed by atoms with Crippen LogP contribution in [0.3, 0.4) is 0 Å². The molecular formula is C19H15ClO4. The lowest BCUT2D eigenvalue weighted by Crippen LogP contribution is -1.97. The van der Waals surface area contributed by atoms with Gasteiger partial charge in [-0.15, -0.1) is 0 Å². The first-order chi connectivity index (χ1) is 11.6. The van der Waals surface area contributed by atoms with Gasteiger partial charge in [0.25, 0.3) is 0 Å². The second kappa shape index (κ2) is 6.81. The molecule has 2 aromatic carbocycles. The summed E-state index contributed by atoms with van der Waals surface area (Å²) in [6, 6.07) is 12.5. The first-order valence-electron chi connectivity index (χ1n) is 7.24. The summed E-state index contributed by atoms with van der Waals surface area (Å²) in [6.45, 7) is 0. The number of carbonyl (C=O) groups is 1. The number of esters is 1. The molecule has 0 unspecified atom stereocenters. The van der Waals surface area contributed by atoms with Crippen molar-refractivity contribution in [1.29, 1.82) is 0 Å². The van der Waals surface area contributed by atoms with E-state index in [4.69, 9.17) is 25.8 Å². The maximum absolute atomic E-state index is 12.1. The van der Waals surface area contributed by atoms with Gasteiger partial charge in [-0.2, -0.15) is 0 Å². The Morgan fingerprint density at radius 1 is 1.04 bits per heavy atom. The summed E-state index contributed by atoms with van der Waals surface area (Å²) >= 11 is 5.88. The maximum Gasteiger partial charge on any atom is 0.343 e. The monoisotopic (exact) mass is 342 g/mol. The summed E-state index contributed by atoms with van der Waals surface area (Å²) < 4.78 is 15.9. The van der Waals surface area contributed by atoms with E-state index in [0.29, 0.717) is 27.9 Å². The maximum atomic E-state index is 12.1. The minimum Gasteiger partial charge on any atom is -0.497 e. The van der Waals surface area contributed by atoms with Gasteiger partial charge in [-0.1, -0.05) is 11.6 Å². The zero-order valence-corrected chi connectivity index (χ0v) is 14.0. The lowest BCUT2D eigenvalue weighted by atomic mass is 10.1. The number of halogens is 1. The van der Waals surface area contributed by atoms with Crippen molar-refractivity contribution >= 4 is 29.4 Å². The van der Waals surface area contributed by atoms with Gasteiger partial charge in [0, 0.05) is 22.2 Å². The van der Waals surface area contributed by atoms with E-state index in [1.54, 1.807) is 62.8 Å². The average Bonchev–Trinajstić information content (AvgIpc) is 2.96. The number of cyclic esters (lactones) is 1. The van der Waals surface area contributed by atoms with E-state index >= 15 is 0 Å². The molecule has 0 aliphatic carbocycles. The first kappa shape index (κ1) is 16.1. The van der Waals surface area contributed by atoms with Gasteiger partial charge in [-0.3, -0.25) is 0 Å². The molecule has 1 aliphatic heterocycles. The van der Waals surface area contributed by atoms with Gasteiger partial charge in [-0.05, 0) is 48.6 Å². The molecule has 0 saturated heterocycles. The van der Waals surface area contributed by atoms with Gasteiger partial charge in [0.1, 0.15) is 17.3 Å². The highest BCUT2D eigenvalue weighted by atomic mass is 35.5. The van der Waals surface area contributed by atoms with E-state index in [2.05, 4.69) is 0 Å². The molecule has 3 rings (SSSR count). The zero-order valence-electron chi connectivity index (χ0n) is 13.2. The Bertz CT molecular complexity index is 835. The van der Waals surface area contributed by atoms with E-state index in [1.165, 1.54) is 0 Å². The third-order valence-electron chi connectivity index (χ3n) is 3.61.